The number of rotatable bonds is 3. The van der Waals surface area contributed by atoms with E-state index in [1.54, 1.807) is 7.11 Å². The molecular formula is C14H24IN3O. The number of hydrogen-bond donors (Lipinski definition) is 0. The van der Waals surface area contributed by atoms with E-state index < -0.39 is 0 Å². The summed E-state index contributed by atoms with van der Waals surface area (Å²) >= 11 is 0. The van der Waals surface area contributed by atoms with Crippen LogP contribution in [0.25, 0.3) is 0 Å². The molecule has 0 N–H and O–H groups in total. The van der Waals surface area contributed by atoms with Crippen molar-refractivity contribution in [3.05, 3.63) is 29.3 Å². The van der Waals surface area contributed by atoms with E-state index in [1.165, 1.54) is 5.56 Å². The fourth-order valence-corrected chi connectivity index (χ4v) is 1.88. The van der Waals surface area contributed by atoms with Gasteiger partial charge in [-0.3, -0.25) is 0 Å². The molecule has 0 aromatic heterocycles. The number of halogens is 1. The highest BCUT2D eigenvalue weighted by Crippen LogP contribution is 2.17. The smallest absolute Gasteiger partial charge is 0.195 e. The van der Waals surface area contributed by atoms with Gasteiger partial charge >= 0.3 is 0 Å². The van der Waals surface area contributed by atoms with Crippen LogP contribution < -0.4 is 4.74 Å². The maximum Gasteiger partial charge on any atom is 0.195 e. The van der Waals surface area contributed by atoms with Gasteiger partial charge in [0.1, 0.15) is 5.75 Å². The second-order valence-electron chi connectivity index (χ2n) is 4.76. The molecule has 1 aromatic carbocycles. The molecule has 0 heterocycles. The molecule has 0 fully saturated rings. The highest BCUT2D eigenvalue weighted by Gasteiger charge is 2.04. The molecule has 0 aliphatic rings. The Labute approximate surface area is 133 Å². The molecule has 0 saturated carbocycles. The third-order valence-electron chi connectivity index (χ3n) is 2.55. The van der Waals surface area contributed by atoms with Crippen LogP contribution in [0.2, 0.25) is 0 Å². The second kappa shape index (κ2) is 8.24. The van der Waals surface area contributed by atoms with E-state index in [0.29, 0.717) is 6.54 Å². The van der Waals surface area contributed by atoms with Crippen LogP contribution in [0.15, 0.2) is 23.2 Å². The monoisotopic (exact) mass is 377 g/mol. The van der Waals surface area contributed by atoms with E-state index in [9.17, 15) is 0 Å². The van der Waals surface area contributed by atoms with Crippen molar-refractivity contribution in [3.63, 3.8) is 0 Å². The van der Waals surface area contributed by atoms with Crippen LogP contribution in [-0.2, 0) is 6.54 Å². The zero-order valence-electron chi connectivity index (χ0n) is 12.6. The first-order valence-corrected chi connectivity index (χ1v) is 5.97. The molecule has 0 aliphatic heterocycles. The SMILES string of the molecule is COc1cc(C)cc(CN=C(N(C)C)N(C)C)c1.I. The Morgan fingerprint density at radius 3 is 2.16 bits per heavy atom. The molecule has 0 amide bonds. The number of guanidine groups is 1. The van der Waals surface area contributed by atoms with Crippen molar-refractivity contribution in [2.75, 3.05) is 35.3 Å². The molecular weight excluding hydrogens is 353 g/mol. The number of aryl methyl sites for hydroxylation is 1. The quantitative estimate of drug-likeness (QED) is 0.461. The summed E-state index contributed by atoms with van der Waals surface area (Å²) in [6.07, 6.45) is 0. The summed E-state index contributed by atoms with van der Waals surface area (Å²) in [5.41, 5.74) is 2.35. The first kappa shape index (κ1) is 18.0. The van der Waals surface area contributed by atoms with Crippen LogP contribution >= 0.6 is 24.0 Å². The molecule has 0 radical (unpaired) electrons. The Hall–Kier alpha value is -0.980. The molecule has 0 spiro atoms. The van der Waals surface area contributed by atoms with Crippen LogP contribution in [-0.4, -0.2) is 51.1 Å². The van der Waals surface area contributed by atoms with Gasteiger partial charge in [0.2, 0.25) is 0 Å². The summed E-state index contributed by atoms with van der Waals surface area (Å²) in [4.78, 5) is 8.64. The third-order valence-corrected chi connectivity index (χ3v) is 2.55. The van der Waals surface area contributed by atoms with Crippen LogP contribution in [0.3, 0.4) is 0 Å². The lowest BCUT2D eigenvalue weighted by Gasteiger charge is -2.22. The van der Waals surface area contributed by atoms with Crippen molar-refractivity contribution in [2.45, 2.75) is 13.5 Å². The van der Waals surface area contributed by atoms with Gasteiger partial charge in [-0.1, -0.05) is 6.07 Å². The lowest BCUT2D eigenvalue weighted by molar-refractivity contribution is 0.414. The predicted octanol–water partition coefficient (Wildman–Crippen LogP) is 2.60. The number of ether oxygens (including phenoxy) is 1. The van der Waals surface area contributed by atoms with Crippen LogP contribution in [0.4, 0.5) is 0 Å². The zero-order chi connectivity index (χ0) is 13.7. The van der Waals surface area contributed by atoms with Gasteiger partial charge in [0, 0.05) is 28.2 Å². The van der Waals surface area contributed by atoms with Crippen molar-refractivity contribution >= 4 is 29.9 Å². The van der Waals surface area contributed by atoms with Crippen molar-refractivity contribution in [2.24, 2.45) is 4.99 Å². The number of methoxy groups -OCH3 is 1. The first-order valence-electron chi connectivity index (χ1n) is 5.97. The van der Waals surface area contributed by atoms with Crippen LogP contribution in [0.1, 0.15) is 11.1 Å². The summed E-state index contributed by atoms with van der Waals surface area (Å²) in [6.45, 7) is 2.72. The Kier molecular flexibility index (Phi) is 7.82. The summed E-state index contributed by atoms with van der Waals surface area (Å²) in [7, 11) is 9.67. The van der Waals surface area contributed by atoms with Crippen LogP contribution in [0, 0.1) is 6.92 Å². The standard InChI is InChI=1S/C14H23N3O.HI/c1-11-7-12(9-13(8-11)18-6)10-15-14(16(2)3)17(4)5;/h7-9H,10H2,1-6H3;1H. The highest BCUT2D eigenvalue weighted by atomic mass is 127. The number of hydrogen-bond acceptors (Lipinski definition) is 2. The third kappa shape index (κ3) is 5.67. The highest BCUT2D eigenvalue weighted by molar-refractivity contribution is 14.0. The normalized spacial score (nSPS) is 9.37. The lowest BCUT2D eigenvalue weighted by Crippen LogP contribution is -2.35. The molecule has 5 heteroatoms. The minimum atomic E-state index is 0. The summed E-state index contributed by atoms with van der Waals surface area (Å²) in [5, 5.41) is 0. The van der Waals surface area contributed by atoms with Gasteiger partial charge in [-0.25, -0.2) is 4.99 Å². The van der Waals surface area contributed by atoms with Crippen molar-refractivity contribution in [3.8, 4) is 5.75 Å². The van der Waals surface area contributed by atoms with Crippen molar-refractivity contribution in [1.82, 2.24) is 9.80 Å². The zero-order valence-corrected chi connectivity index (χ0v) is 14.9. The van der Waals surface area contributed by atoms with Crippen LogP contribution in [0.5, 0.6) is 5.75 Å². The number of aliphatic imine (C=N–C) groups is 1. The molecule has 1 aromatic rings. The molecule has 1 rings (SSSR count). The van der Waals surface area contributed by atoms with Gasteiger partial charge in [0.05, 0.1) is 13.7 Å². The molecule has 4 nitrogen and oxygen atoms in total. The molecule has 0 bridgehead atoms. The topological polar surface area (TPSA) is 28.1 Å². The molecule has 0 saturated heterocycles. The largest absolute Gasteiger partial charge is 0.497 e. The van der Waals surface area contributed by atoms with Crippen molar-refractivity contribution in [1.29, 1.82) is 0 Å². The molecule has 0 aliphatic carbocycles. The second-order valence-corrected chi connectivity index (χ2v) is 4.76. The number of benzene rings is 1. The molecule has 0 atom stereocenters. The van der Waals surface area contributed by atoms with Gasteiger partial charge in [0.25, 0.3) is 0 Å². The van der Waals surface area contributed by atoms with Gasteiger partial charge in [-0.2, -0.15) is 0 Å². The Morgan fingerprint density at radius 2 is 1.68 bits per heavy atom. The molecule has 19 heavy (non-hydrogen) atoms. The Balaban J connectivity index is 0.00000324. The van der Waals surface area contributed by atoms with E-state index >= 15 is 0 Å². The minimum absolute atomic E-state index is 0. The Morgan fingerprint density at radius 1 is 1.11 bits per heavy atom. The predicted molar refractivity (Wildman–Crippen MR) is 91.7 cm³/mol. The lowest BCUT2D eigenvalue weighted by atomic mass is 10.1. The minimum Gasteiger partial charge on any atom is -0.497 e. The molecule has 108 valence electrons. The fourth-order valence-electron chi connectivity index (χ4n) is 1.88. The average Bonchev–Trinajstić information content (AvgIpc) is 2.27. The Bertz CT molecular complexity index is 421. The summed E-state index contributed by atoms with van der Waals surface area (Å²) in [5.74, 6) is 1.84. The van der Waals surface area contributed by atoms with Crippen molar-refractivity contribution < 1.29 is 4.74 Å². The molecule has 0 unspecified atom stereocenters. The van der Waals surface area contributed by atoms with Gasteiger partial charge in [0.15, 0.2) is 5.96 Å². The van der Waals surface area contributed by atoms with Gasteiger partial charge in [-0.15, -0.1) is 24.0 Å². The maximum absolute atomic E-state index is 5.27. The summed E-state index contributed by atoms with van der Waals surface area (Å²) < 4.78 is 5.27. The average molecular weight is 377 g/mol. The van der Waals surface area contributed by atoms with E-state index in [2.05, 4.69) is 18.0 Å². The number of nitrogens with zero attached hydrogens (tertiary/aromatic N) is 3. The first-order chi connectivity index (χ1) is 8.43. The maximum atomic E-state index is 5.27. The van der Waals surface area contributed by atoms with Gasteiger partial charge < -0.3 is 14.5 Å². The summed E-state index contributed by atoms with van der Waals surface area (Å²) in [6, 6.07) is 6.18. The van der Waals surface area contributed by atoms with E-state index in [4.69, 9.17) is 4.74 Å². The van der Waals surface area contributed by atoms with Gasteiger partial charge in [-0.05, 0) is 30.2 Å². The van der Waals surface area contributed by atoms with E-state index in [-0.39, 0.29) is 24.0 Å². The fraction of sp³-hybridized carbons (Fsp3) is 0.500. The van der Waals surface area contributed by atoms with E-state index in [0.717, 1.165) is 17.3 Å². The van der Waals surface area contributed by atoms with E-state index in [1.807, 2.05) is 50.1 Å².